The van der Waals surface area contributed by atoms with Crippen molar-refractivity contribution in [1.82, 2.24) is 5.32 Å². The zero-order chi connectivity index (χ0) is 19.1. The average molecular weight is 376 g/mol. The van der Waals surface area contributed by atoms with Gasteiger partial charge in [-0.05, 0) is 41.3 Å². The third-order valence-corrected chi connectivity index (χ3v) is 4.41. The first kappa shape index (κ1) is 19.8. The minimum Gasteiger partial charge on any atom is -0.497 e. The van der Waals surface area contributed by atoms with Gasteiger partial charge in [0.1, 0.15) is 5.75 Å². The van der Waals surface area contributed by atoms with E-state index in [-0.39, 0.29) is 24.7 Å². The molecular formula is C20H22ClNO4. The summed E-state index contributed by atoms with van der Waals surface area (Å²) in [6.45, 7) is 1.95. The molecule has 1 amide bonds. The number of halogens is 1. The molecule has 0 spiro atoms. The maximum atomic E-state index is 12.4. The second-order valence-corrected chi connectivity index (χ2v) is 6.58. The number of hydrogen-bond donors (Lipinski definition) is 2. The number of methoxy groups -OCH3 is 1. The van der Waals surface area contributed by atoms with Crippen LogP contribution in [0.3, 0.4) is 0 Å². The molecule has 0 saturated carbocycles. The monoisotopic (exact) mass is 375 g/mol. The number of carbonyl (C=O) groups excluding carboxylic acids is 1. The predicted octanol–water partition coefficient (Wildman–Crippen LogP) is 4.17. The number of hydrogen-bond acceptors (Lipinski definition) is 3. The van der Waals surface area contributed by atoms with Crippen molar-refractivity contribution in [2.24, 2.45) is 0 Å². The van der Waals surface area contributed by atoms with Gasteiger partial charge in [0.2, 0.25) is 5.91 Å². The van der Waals surface area contributed by atoms with E-state index in [1.807, 2.05) is 31.2 Å². The van der Waals surface area contributed by atoms with E-state index in [2.05, 4.69) is 5.32 Å². The maximum absolute atomic E-state index is 12.4. The Morgan fingerprint density at radius 3 is 2.15 bits per heavy atom. The Morgan fingerprint density at radius 1 is 1.04 bits per heavy atom. The van der Waals surface area contributed by atoms with E-state index in [4.69, 9.17) is 21.4 Å². The van der Waals surface area contributed by atoms with Crippen LogP contribution in [-0.2, 0) is 9.59 Å². The summed E-state index contributed by atoms with van der Waals surface area (Å²) in [6.07, 6.45) is 0.0698. The number of ether oxygens (including phenoxy) is 1. The molecular weight excluding hydrogens is 354 g/mol. The van der Waals surface area contributed by atoms with Crippen molar-refractivity contribution < 1.29 is 19.4 Å². The van der Waals surface area contributed by atoms with E-state index in [1.165, 1.54) is 0 Å². The standard InChI is InChI=1S/C20H22ClNO4/c1-13(14-5-9-17(26-2)10-6-14)11-19(23)22-18(12-20(24)25)15-3-7-16(21)8-4-15/h3-10,13,18H,11-12H2,1-2H3,(H,22,23)(H,24,25)/t13?,18-/m0/s1. The summed E-state index contributed by atoms with van der Waals surface area (Å²) in [6, 6.07) is 13.8. The van der Waals surface area contributed by atoms with Crippen molar-refractivity contribution in [2.45, 2.75) is 31.7 Å². The largest absolute Gasteiger partial charge is 0.497 e. The van der Waals surface area contributed by atoms with E-state index in [1.54, 1.807) is 31.4 Å². The highest BCUT2D eigenvalue weighted by atomic mass is 35.5. The van der Waals surface area contributed by atoms with Crippen LogP contribution in [0.5, 0.6) is 5.75 Å². The highest BCUT2D eigenvalue weighted by molar-refractivity contribution is 6.30. The summed E-state index contributed by atoms with van der Waals surface area (Å²) in [5.41, 5.74) is 1.73. The van der Waals surface area contributed by atoms with Gasteiger partial charge in [0.25, 0.3) is 0 Å². The molecule has 26 heavy (non-hydrogen) atoms. The first-order valence-electron chi connectivity index (χ1n) is 8.29. The molecule has 5 nitrogen and oxygen atoms in total. The summed E-state index contributed by atoms with van der Waals surface area (Å²) in [7, 11) is 1.60. The second-order valence-electron chi connectivity index (χ2n) is 6.15. The van der Waals surface area contributed by atoms with Crippen molar-refractivity contribution in [1.29, 1.82) is 0 Å². The fourth-order valence-corrected chi connectivity index (χ4v) is 2.83. The number of amides is 1. The molecule has 1 unspecified atom stereocenters. The number of rotatable bonds is 8. The molecule has 0 aliphatic carbocycles. The molecule has 2 N–H and O–H groups in total. The lowest BCUT2D eigenvalue weighted by Gasteiger charge is -2.19. The summed E-state index contributed by atoms with van der Waals surface area (Å²) in [5.74, 6) is -0.422. The molecule has 2 aromatic carbocycles. The van der Waals surface area contributed by atoms with Crippen molar-refractivity contribution >= 4 is 23.5 Å². The minimum absolute atomic E-state index is 0.00315. The fourth-order valence-electron chi connectivity index (χ4n) is 2.70. The molecule has 0 saturated heterocycles. The highest BCUT2D eigenvalue weighted by Gasteiger charge is 2.20. The molecule has 2 aromatic rings. The Kier molecular flexibility index (Phi) is 7.04. The maximum Gasteiger partial charge on any atom is 0.305 e. The number of nitrogens with one attached hydrogen (secondary N) is 1. The van der Waals surface area contributed by atoms with Crippen LogP contribution in [-0.4, -0.2) is 24.1 Å². The van der Waals surface area contributed by atoms with E-state index >= 15 is 0 Å². The van der Waals surface area contributed by atoms with Gasteiger partial charge in [0.05, 0.1) is 19.6 Å². The van der Waals surface area contributed by atoms with Gasteiger partial charge in [-0.2, -0.15) is 0 Å². The fraction of sp³-hybridized carbons (Fsp3) is 0.300. The third kappa shape index (κ3) is 5.77. The Balaban J connectivity index is 2.03. The lowest BCUT2D eigenvalue weighted by atomic mass is 9.96. The third-order valence-electron chi connectivity index (χ3n) is 4.16. The van der Waals surface area contributed by atoms with Gasteiger partial charge in [-0.15, -0.1) is 0 Å². The van der Waals surface area contributed by atoms with Crippen LogP contribution in [0.2, 0.25) is 5.02 Å². The predicted molar refractivity (Wildman–Crippen MR) is 101 cm³/mol. The first-order chi connectivity index (χ1) is 12.4. The van der Waals surface area contributed by atoms with Crippen LogP contribution in [0.4, 0.5) is 0 Å². The molecule has 138 valence electrons. The molecule has 6 heteroatoms. The van der Waals surface area contributed by atoms with Gasteiger partial charge in [0.15, 0.2) is 0 Å². The van der Waals surface area contributed by atoms with Crippen LogP contribution in [0.25, 0.3) is 0 Å². The van der Waals surface area contributed by atoms with Gasteiger partial charge >= 0.3 is 5.97 Å². The number of benzene rings is 2. The highest BCUT2D eigenvalue weighted by Crippen LogP contribution is 2.24. The van der Waals surface area contributed by atoms with Gasteiger partial charge in [-0.25, -0.2) is 0 Å². The number of carboxylic acid groups (broad SMARTS) is 1. The van der Waals surface area contributed by atoms with E-state index in [0.29, 0.717) is 10.6 Å². The molecule has 0 aliphatic heterocycles. The molecule has 2 rings (SSSR count). The van der Waals surface area contributed by atoms with Crippen molar-refractivity contribution in [3.8, 4) is 5.75 Å². The number of carbonyl (C=O) groups is 2. The molecule has 0 fully saturated rings. The Bertz CT molecular complexity index is 743. The van der Waals surface area contributed by atoms with E-state index in [0.717, 1.165) is 11.3 Å². The molecule has 0 heterocycles. The molecule has 0 aromatic heterocycles. The zero-order valence-corrected chi connectivity index (χ0v) is 15.5. The number of aliphatic carboxylic acids is 1. The average Bonchev–Trinajstić information content (AvgIpc) is 2.61. The van der Waals surface area contributed by atoms with Gasteiger partial charge in [-0.1, -0.05) is 42.8 Å². The zero-order valence-electron chi connectivity index (χ0n) is 14.7. The first-order valence-corrected chi connectivity index (χ1v) is 8.67. The topological polar surface area (TPSA) is 75.6 Å². The molecule has 2 atom stereocenters. The quantitative estimate of drug-likeness (QED) is 0.725. The van der Waals surface area contributed by atoms with Crippen molar-refractivity contribution in [3.63, 3.8) is 0 Å². The summed E-state index contributed by atoms with van der Waals surface area (Å²) in [5, 5.41) is 12.5. The lowest BCUT2D eigenvalue weighted by molar-refractivity contribution is -0.137. The van der Waals surface area contributed by atoms with Gasteiger partial charge < -0.3 is 15.2 Å². The van der Waals surface area contributed by atoms with Crippen LogP contribution < -0.4 is 10.1 Å². The van der Waals surface area contributed by atoms with E-state index < -0.39 is 12.0 Å². The lowest BCUT2D eigenvalue weighted by Crippen LogP contribution is -2.30. The van der Waals surface area contributed by atoms with Crippen LogP contribution in [0.1, 0.15) is 42.9 Å². The van der Waals surface area contributed by atoms with Crippen LogP contribution in [0, 0.1) is 0 Å². The second kappa shape index (κ2) is 9.25. The summed E-state index contributed by atoms with van der Waals surface area (Å²) >= 11 is 5.87. The molecule has 0 radical (unpaired) electrons. The van der Waals surface area contributed by atoms with Crippen molar-refractivity contribution in [2.75, 3.05) is 7.11 Å². The van der Waals surface area contributed by atoms with E-state index in [9.17, 15) is 9.59 Å². The van der Waals surface area contributed by atoms with Crippen LogP contribution in [0.15, 0.2) is 48.5 Å². The smallest absolute Gasteiger partial charge is 0.305 e. The normalized spacial score (nSPS) is 12.9. The minimum atomic E-state index is -0.978. The molecule has 0 aliphatic rings. The SMILES string of the molecule is COc1ccc(C(C)CC(=O)N[C@@H](CC(=O)O)c2ccc(Cl)cc2)cc1. The van der Waals surface area contributed by atoms with Crippen molar-refractivity contribution in [3.05, 3.63) is 64.7 Å². The Hall–Kier alpha value is -2.53. The Labute approximate surface area is 157 Å². The summed E-state index contributed by atoms with van der Waals surface area (Å²) < 4.78 is 5.13. The van der Waals surface area contributed by atoms with Gasteiger partial charge in [0, 0.05) is 11.4 Å². The number of carboxylic acids is 1. The van der Waals surface area contributed by atoms with Gasteiger partial charge in [-0.3, -0.25) is 9.59 Å². The summed E-state index contributed by atoms with van der Waals surface area (Å²) in [4.78, 5) is 23.6. The molecule has 0 bridgehead atoms. The Morgan fingerprint density at radius 2 is 1.62 bits per heavy atom. The van der Waals surface area contributed by atoms with Crippen LogP contribution >= 0.6 is 11.6 Å².